The van der Waals surface area contributed by atoms with Crippen molar-refractivity contribution in [2.45, 2.75) is 6.42 Å². The van der Waals surface area contributed by atoms with Crippen LogP contribution in [0.5, 0.6) is 5.75 Å². The molecule has 2 heterocycles. The van der Waals surface area contributed by atoms with E-state index < -0.39 is 16.5 Å². The number of amides is 1. The molecule has 3 aromatic rings. The maximum Gasteiger partial charge on any atom is 0.349 e. The number of methoxy groups -OCH3 is 1. The van der Waals surface area contributed by atoms with Crippen molar-refractivity contribution in [3.8, 4) is 5.75 Å². The Hall–Kier alpha value is -3.68. The molecule has 0 unspecified atom stereocenters. The van der Waals surface area contributed by atoms with Crippen LogP contribution in [-0.4, -0.2) is 24.5 Å². The average Bonchev–Trinajstić information content (AvgIpc) is 3.10. The lowest BCUT2D eigenvalue weighted by Gasteiger charge is -2.17. The standard InChI is InChI=1S/C19H14N2O6/c1-26-16-10-13(21(24)25)8-12-9-14(19(23)27-17(12)16)18(22)20-7-6-11-4-2-3-5-15(11)20/h2-5,8-10H,6-7H2,1H3. The molecule has 27 heavy (non-hydrogen) atoms. The lowest BCUT2D eigenvalue weighted by atomic mass is 10.1. The molecule has 0 aliphatic carbocycles. The minimum Gasteiger partial charge on any atom is -0.493 e. The van der Waals surface area contributed by atoms with Crippen LogP contribution in [0.25, 0.3) is 11.0 Å². The predicted molar refractivity (Wildman–Crippen MR) is 97.5 cm³/mol. The van der Waals surface area contributed by atoms with Crippen molar-refractivity contribution in [1.29, 1.82) is 0 Å². The van der Waals surface area contributed by atoms with Crippen molar-refractivity contribution >= 4 is 28.3 Å². The number of anilines is 1. The van der Waals surface area contributed by atoms with Crippen molar-refractivity contribution in [2.24, 2.45) is 0 Å². The number of nitro groups is 1. The highest BCUT2D eigenvalue weighted by atomic mass is 16.6. The van der Waals surface area contributed by atoms with Gasteiger partial charge in [0.05, 0.1) is 18.1 Å². The largest absolute Gasteiger partial charge is 0.493 e. The highest BCUT2D eigenvalue weighted by Gasteiger charge is 2.28. The number of carbonyl (C=O) groups excluding carboxylic acids is 1. The van der Waals surface area contributed by atoms with Gasteiger partial charge in [-0.15, -0.1) is 0 Å². The zero-order chi connectivity index (χ0) is 19.1. The number of carbonyl (C=O) groups is 1. The molecule has 0 N–H and O–H groups in total. The van der Waals surface area contributed by atoms with E-state index in [-0.39, 0.29) is 28.0 Å². The number of nitrogens with zero attached hydrogens (tertiary/aromatic N) is 2. The van der Waals surface area contributed by atoms with Gasteiger partial charge in [0.25, 0.3) is 11.6 Å². The summed E-state index contributed by atoms with van der Waals surface area (Å²) in [5, 5.41) is 11.4. The number of rotatable bonds is 3. The van der Waals surface area contributed by atoms with Gasteiger partial charge in [-0.3, -0.25) is 14.9 Å². The first-order valence-corrected chi connectivity index (χ1v) is 8.19. The van der Waals surface area contributed by atoms with Crippen LogP contribution in [0, 0.1) is 10.1 Å². The Labute approximate surface area is 152 Å². The molecule has 0 spiro atoms. The Morgan fingerprint density at radius 1 is 1.26 bits per heavy atom. The van der Waals surface area contributed by atoms with Gasteiger partial charge in [0, 0.05) is 23.7 Å². The maximum atomic E-state index is 12.9. The maximum absolute atomic E-state index is 12.9. The van der Waals surface area contributed by atoms with Gasteiger partial charge >= 0.3 is 5.63 Å². The van der Waals surface area contributed by atoms with E-state index in [4.69, 9.17) is 9.15 Å². The van der Waals surface area contributed by atoms with E-state index in [1.807, 2.05) is 24.3 Å². The first kappa shape index (κ1) is 16.8. The van der Waals surface area contributed by atoms with Crippen LogP contribution in [-0.2, 0) is 6.42 Å². The van der Waals surface area contributed by atoms with E-state index in [1.165, 1.54) is 30.2 Å². The summed E-state index contributed by atoms with van der Waals surface area (Å²) >= 11 is 0. The number of hydrogen-bond acceptors (Lipinski definition) is 6. The third kappa shape index (κ3) is 2.71. The summed E-state index contributed by atoms with van der Waals surface area (Å²) in [5.41, 5.74) is 0.613. The van der Waals surface area contributed by atoms with Crippen molar-refractivity contribution in [2.75, 3.05) is 18.6 Å². The number of nitro benzene ring substituents is 1. The summed E-state index contributed by atoms with van der Waals surface area (Å²) in [4.78, 5) is 37.4. The quantitative estimate of drug-likeness (QED) is 0.401. The van der Waals surface area contributed by atoms with E-state index >= 15 is 0 Å². The van der Waals surface area contributed by atoms with Crippen molar-refractivity contribution in [3.63, 3.8) is 0 Å². The summed E-state index contributed by atoms with van der Waals surface area (Å²) in [6, 6.07) is 11.2. The number of para-hydroxylation sites is 1. The molecule has 0 saturated heterocycles. The van der Waals surface area contributed by atoms with Gasteiger partial charge in [-0.25, -0.2) is 4.79 Å². The molecule has 1 aliphatic rings. The Morgan fingerprint density at radius 3 is 2.78 bits per heavy atom. The number of non-ortho nitro benzene ring substituents is 1. The van der Waals surface area contributed by atoms with Crippen LogP contribution < -0.4 is 15.3 Å². The monoisotopic (exact) mass is 366 g/mol. The third-order valence-corrected chi connectivity index (χ3v) is 4.58. The summed E-state index contributed by atoms with van der Waals surface area (Å²) in [6.45, 7) is 0.452. The molecule has 2 aromatic carbocycles. The van der Waals surface area contributed by atoms with Gasteiger partial charge in [0.1, 0.15) is 5.56 Å². The third-order valence-electron chi connectivity index (χ3n) is 4.58. The second-order valence-corrected chi connectivity index (χ2v) is 6.11. The molecule has 0 atom stereocenters. The van der Waals surface area contributed by atoms with E-state index in [0.717, 1.165) is 11.3 Å². The fourth-order valence-corrected chi connectivity index (χ4v) is 3.29. The van der Waals surface area contributed by atoms with E-state index in [1.54, 1.807) is 0 Å². The average molecular weight is 366 g/mol. The number of benzene rings is 2. The van der Waals surface area contributed by atoms with Gasteiger partial charge < -0.3 is 14.1 Å². The molecular weight excluding hydrogens is 352 g/mol. The van der Waals surface area contributed by atoms with Crippen molar-refractivity contribution in [3.05, 3.63) is 74.1 Å². The lowest BCUT2D eigenvalue weighted by Crippen LogP contribution is -2.32. The minimum absolute atomic E-state index is 0.0572. The number of fused-ring (bicyclic) bond motifs is 2. The molecule has 1 aromatic heterocycles. The Bertz CT molecular complexity index is 1150. The zero-order valence-electron chi connectivity index (χ0n) is 14.3. The smallest absolute Gasteiger partial charge is 0.349 e. The SMILES string of the molecule is COc1cc([N+](=O)[O-])cc2cc(C(=O)N3CCc4ccccc43)c(=O)oc12. The second kappa shape index (κ2) is 6.24. The van der Waals surface area contributed by atoms with Gasteiger partial charge in [-0.1, -0.05) is 18.2 Å². The summed E-state index contributed by atoms with van der Waals surface area (Å²) in [7, 11) is 1.32. The molecule has 8 heteroatoms. The molecule has 1 amide bonds. The van der Waals surface area contributed by atoms with Gasteiger partial charge in [-0.05, 0) is 24.1 Å². The van der Waals surface area contributed by atoms with E-state index in [9.17, 15) is 19.7 Å². The van der Waals surface area contributed by atoms with Crippen LogP contribution >= 0.6 is 0 Å². The summed E-state index contributed by atoms with van der Waals surface area (Å²) in [5.74, 6) is -0.442. The summed E-state index contributed by atoms with van der Waals surface area (Å²) < 4.78 is 10.4. The van der Waals surface area contributed by atoms with Crippen LogP contribution in [0.1, 0.15) is 15.9 Å². The molecule has 0 fully saturated rings. The second-order valence-electron chi connectivity index (χ2n) is 6.11. The van der Waals surface area contributed by atoms with Gasteiger partial charge in [0.15, 0.2) is 11.3 Å². The molecule has 0 saturated carbocycles. The molecule has 4 rings (SSSR count). The van der Waals surface area contributed by atoms with E-state index in [0.29, 0.717) is 13.0 Å². The molecule has 136 valence electrons. The highest BCUT2D eigenvalue weighted by Crippen LogP contribution is 2.32. The summed E-state index contributed by atoms with van der Waals surface area (Å²) in [6.07, 6.45) is 0.695. The predicted octanol–water partition coefficient (Wildman–Crippen LogP) is 2.91. The highest BCUT2D eigenvalue weighted by molar-refractivity contribution is 6.08. The Kier molecular flexibility index (Phi) is 3.88. The fraction of sp³-hybridized carbons (Fsp3) is 0.158. The zero-order valence-corrected chi connectivity index (χ0v) is 14.3. The molecule has 0 radical (unpaired) electrons. The van der Waals surface area contributed by atoms with Crippen molar-refractivity contribution in [1.82, 2.24) is 0 Å². The van der Waals surface area contributed by atoms with Crippen molar-refractivity contribution < 1.29 is 18.9 Å². The van der Waals surface area contributed by atoms with Crippen LogP contribution in [0.3, 0.4) is 0 Å². The minimum atomic E-state index is -0.816. The van der Waals surface area contributed by atoms with Gasteiger partial charge in [0.2, 0.25) is 0 Å². The topological polar surface area (TPSA) is 103 Å². The number of hydrogen-bond donors (Lipinski definition) is 0. The van der Waals surface area contributed by atoms with Crippen LogP contribution in [0.15, 0.2) is 51.7 Å². The molecule has 8 nitrogen and oxygen atoms in total. The molecule has 1 aliphatic heterocycles. The first-order chi connectivity index (χ1) is 13.0. The molecular formula is C19H14N2O6. The number of ether oxygens (including phenoxy) is 1. The first-order valence-electron chi connectivity index (χ1n) is 8.19. The normalized spacial score (nSPS) is 12.9. The van der Waals surface area contributed by atoms with Gasteiger partial charge in [-0.2, -0.15) is 0 Å². The van der Waals surface area contributed by atoms with Crippen LogP contribution in [0.4, 0.5) is 11.4 Å². The van der Waals surface area contributed by atoms with Crippen LogP contribution in [0.2, 0.25) is 0 Å². The fourth-order valence-electron chi connectivity index (χ4n) is 3.29. The Morgan fingerprint density at radius 2 is 2.04 bits per heavy atom. The Balaban J connectivity index is 1.85. The molecule has 0 bridgehead atoms. The lowest BCUT2D eigenvalue weighted by molar-refractivity contribution is -0.384. The van der Waals surface area contributed by atoms with E-state index in [2.05, 4.69) is 0 Å².